The van der Waals surface area contributed by atoms with Crippen molar-refractivity contribution < 1.29 is 19.1 Å². The Morgan fingerprint density at radius 3 is 2.09 bits per heavy atom. The molecule has 0 spiro atoms. The van der Waals surface area contributed by atoms with Crippen molar-refractivity contribution in [3.05, 3.63) is 0 Å². The van der Waals surface area contributed by atoms with Crippen LogP contribution in [0.4, 0.5) is 0 Å². The number of hydrogen-bond acceptors (Lipinski definition) is 4. The van der Waals surface area contributed by atoms with E-state index in [1.165, 1.54) is 0 Å². The Bertz CT molecular complexity index is 318. The fourth-order valence-corrected chi connectivity index (χ4v) is 2.40. The molecule has 0 aromatic carbocycles. The summed E-state index contributed by atoms with van der Waals surface area (Å²) in [5.41, 5.74) is 0.243. The quantitative estimate of drug-likeness (QED) is 0.416. The normalized spacial score (nSPS) is 12.8. The Morgan fingerprint density at radius 2 is 1.55 bits per heavy atom. The minimum atomic E-state index is -0.223. The van der Waals surface area contributed by atoms with E-state index in [-0.39, 0.29) is 23.8 Å². The van der Waals surface area contributed by atoms with Crippen LogP contribution >= 0.6 is 0 Å². The molecule has 0 aliphatic carbocycles. The Balaban J connectivity index is 3.63. The molecule has 0 aromatic heterocycles. The Kier molecular flexibility index (Phi) is 10.9. The van der Waals surface area contributed by atoms with Crippen LogP contribution in [0, 0.1) is 11.3 Å². The van der Waals surface area contributed by atoms with E-state index in [0.717, 1.165) is 25.7 Å². The molecule has 0 aromatic rings. The molecule has 0 rings (SSSR count). The molecule has 0 heterocycles. The van der Waals surface area contributed by atoms with Crippen molar-refractivity contribution in [2.24, 2.45) is 11.3 Å². The molecule has 0 bridgehead atoms. The molecular weight excluding hydrogens is 280 g/mol. The molecule has 0 radical (unpaired) electrons. The smallest absolute Gasteiger partial charge is 0.305 e. The lowest BCUT2D eigenvalue weighted by Gasteiger charge is -2.22. The van der Waals surface area contributed by atoms with E-state index in [2.05, 4.69) is 34.6 Å². The number of esters is 2. The molecule has 0 N–H and O–H groups in total. The first kappa shape index (κ1) is 20.9. The number of rotatable bonds is 11. The van der Waals surface area contributed by atoms with Crippen LogP contribution in [0.2, 0.25) is 0 Å². The fraction of sp³-hybridized carbons (Fsp3) is 0.889. The third-order valence-corrected chi connectivity index (χ3v) is 3.26. The maximum atomic E-state index is 11.6. The molecule has 1 atom stereocenters. The summed E-state index contributed by atoms with van der Waals surface area (Å²) in [5, 5.41) is 0. The Morgan fingerprint density at radius 1 is 0.955 bits per heavy atom. The van der Waals surface area contributed by atoms with Crippen molar-refractivity contribution in [1.82, 2.24) is 0 Å². The zero-order valence-electron chi connectivity index (χ0n) is 15.1. The molecule has 1 unspecified atom stereocenters. The first-order chi connectivity index (χ1) is 10.2. The zero-order valence-corrected chi connectivity index (χ0v) is 15.1. The van der Waals surface area contributed by atoms with Crippen LogP contribution in [0.25, 0.3) is 0 Å². The lowest BCUT2D eigenvalue weighted by Crippen LogP contribution is -2.17. The van der Waals surface area contributed by atoms with Gasteiger partial charge in [0.25, 0.3) is 0 Å². The zero-order chi connectivity index (χ0) is 17.0. The van der Waals surface area contributed by atoms with Gasteiger partial charge in [0.1, 0.15) is 0 Å². The van der Waals surface area contributed by atoms with Gasteiger partial charge in [0.05, 0.1) is 13.2 Å². The van der Waals surface area contributed by atoms with Crippen LogP contribution in [-0.4, -0.2) is 25.2 Å². The summed E-state index contributed by atoms with van der Waals surface area (Å²) in [7, 11) is 0. The second-order valence-corrected chi connectivity index (χ2v) is 7.33. The lowest BCUT2D eigenvalue weighted by molar-refractivity contribution is -0.146. The number of carbonyl (C=O) groups excluding carboxylic acids is 2. The van der Waals surface area contributed by atoms with E-state index in [4.69, 9.17) is 9.47 Å². The standard InChI is InChI=1S/C18H34O4/c1-6-7-8-12-21-16(19)10-9-11-17(20)22-14-15(2)13-18(3,4)5/h15H,6-14H2,1-5H3. The van der Waals surface area contributed by atoms with Gasteiger partial charge in [-0.2, -0.15) is 0 Å². The first-order valence-electron chi connectivity index (χ1n) is 8.56. The fourth-order valence-electron chi connectivity index (χ4n) is 2.40. The molecule has 0 fully saturated rings. The third kappa shape index (κ3) is 13.9. The van der Waals surface area contributed by atoms with E-state index in [1.54, 1.807) is 0 Å². The van der Waals surface area contributed by atoms with Gasteiger partial charge in [0.2, 0.25) is 0 Å². The number of carbonyl (C=O) groups is 2. The van der Waals surface area contributed by atoms with E-state index in [9.17, 15) is 9.59 Å². The minimum absolute atomic E-state index is 0.218. The summed E-state index contributed by atoms with van der Waals surface area (Å²) in [6.07, 6.45) is 5.19. The summed E-state index contributed by atoms with van der Waals surface area (Å²) < 4.78 is 10.3. The molecule has 130 valence electrons. The van der Waals surface area contributed by atoms with Gasteiger partial charge in [-0.05, 0) is 30.6 Å². The molecule has 22 heavy (non-hydrogen) atoms. The number of ether oxygens (including phenoxy) is 2. The Hall–Kier alpha value is -1.06. The van der Waals surface area contributed by atoms with Crippen molar-refractivity contribution in [2.75, 3.05) is 13.2 Å². The van der Waals surface area contributed by atoms with Crippen molar-refractivity contribution in [1.29, 1.82) is 0 Å². The molecule has 4 nitrogen and oxygen atoms in total. The van der Waals surface area contributed by atoms with Crippen molar-refractivity contribution in [2.45, 2.75) is 79.6 Å². The molecule has 0 saturated heterocycles. The minimum Gasteiger partial charge on any atom is -0.466 e. The van der Waals surface area contributed by atoms with Crippen LogP contribution in [0.3, 0.4) is 0 Å². The van der Waals surface area contributed by atoms with Crippen molar-refractivity contribution >= 4 is 11.9 Å². The van der Waals surface area contributed by atoms with Crippen LogP contribution in [0.5, 0.6) is 0 Å². The molecular formula is C18H34O4. The summed E-state index contributed by atoms with van der Waals surface area (Å²) >= 11 is 0. The van der Waals surface area contributed by atoms with Gasteiger partial charge >= 0.3 is 11.9 Å². The summed E-state index contributed by atoms with van der Waals surface area (Å²) in [6.45, 7) is 11.7. The van der Waals surface area contributed by atoms with E-state index < -0.39 is 0 Å². The van der Waals surface area contributed by atoms with Gasteiger partial charge in [-0.25, -0.2) is 0 Å². The molecule has 4 heteroatoms. The highest BCUT2D eigenvalue weighted by Crippen LogP contribution is 2.24. The van der Waals surface area contributed by atoms with Crippen molar-refractivity contribution in [3.63, 3.8) is 0 Å². The largest absolute Gasteiger partial charge is 0.466 e. The topological polar surface area (TPSA) is 52.6 Å². The van der Waals surface area contributed by atoms with E-state index >= 15 is 0 Å². The first-order valence-corrected chi connectivity index (χ1v) is 8.56. The van der Waals surface area contributed by atoms with Gasteiger partial charge in [-0.15, -0.1) is 0 Å². The Labute approximate surface area is 135 Å². The highest BCUT2D eigenvalue weighted by molar-refractivity contribution is 5.72. The van der Waals surface area contributed by atoms with E-state index in [0.29, 0.717) is 32.0 Å². The maximum absolute atomic E-state index is 11.6. The van der Waals surface area contributed by atoms with E-state index in [1.807, 2.05) is 0 Å². The summed E-state index contributed by atoms with van der Waals surface area (Å²) in [5.74, 6) is -0.0861. The van der Waals surface area contributed by atoms with Crippen LogP contribution in [0.15, 0.2) is 0 Å². The predicted molar refractivity (Wildman–Crippen MR) is 88.5 cm³/mol. The van der Waals surface area contributed by atoms with Crippen molar-refractivity contribution in [3.8, 4) is 0 Å². The highest BCUT2D eigenvalue weighted by Gasteiger charge is 2.16. The maximum Gasteiger partial charge on any atom is 0.305 e. The molecule has 0 aliphatic heterocycles. The van der Waals surface area contributed by atoms with Crippen LogP contribution < -0.4 is 0 Å². The highest BCUT2D eigenvalue weighted by atomic mass is 16.5. The SMILES string of the molecule is CCCCCOC(=O)CCCC(=O)OCC(C)CC(C)(C)C. The molecule has 0 amide bonds. The summed E-state index contributed by atoms with van der Waals surface area (Å²) in [4.78, 5) is 23.1. The van der Waals surface area contributed by atoms with Crippen LogP contribution in [0.1, 0.15) is 79.6 Å². The third-order valence-electron chi connectivity index (χ3n) is 3.26. The van der Waals surface area contributed by atoms with Gasteiger partial charge in [0, 0.05) is 12.8 Å². The summed E-state index contributed by atoms with van der Waals surface area (Å²) in [6, 6.07) is 0. The predicted octanol–water partition coefficient (Wildman–Crippen LogP) is 4.51. The molecule has 0 saturated carbocycles. The number of unbranched alkanes of at least 4 members (excludes halogenated alkanes) is 2. The van der Waals surface area contributed by atoms with Gasteiger partial charge in [0.15, 0.2) is 0 Å². The van der Waals surface area contributed by atoms with Gasteiger partial charge < -0.3 is 9.47 Å². The lowest BCUT2D eigenvalue weighted by atomic mass is 9.86. The van der Waals surface area contributed by atoms with Gasteiger partial charge in [-0.3, -0.25) is 9.59 Å². The second-order valence-electron chi connectivity index (χ2n) is 7.33. The van der Waals surface area contributed by atoms with Crippen LogP contribution in [-0.2, 0) is 19.1 Å². The average Bonchev–Trinajstić information content (AvgIpc) is 2.39. The molecule has 0 aliphatic rings. The second kappa shape index (κ2) is 11.5. The van der Waals surface area contributed by atoms with Gasteiger partial charge in [-0.1, -0.05) is 47.5 Å². The average molecular weight is 314 g/mol. The monoisotopic (exact) mass is 314 g/mol. The number of hydrogen-bond donors (Lipinski definition) is 0.